The van der Waals surface area contributed by atoms with E-state index in [1.54, 1.807) is 17.8 Å². The predicted molar refractivity (Wildman–Crippen MR) is 62.5 cm³/mol. The Morgan fingerprint density at radius 3 is 3.00 bits per heavy atom. The Labute approximate surface area is 94.1 Å². The van der Waals surface area contributed by atoms with Crippen molar-refractivity contribution in [1.29, 1.82) is 0 Å². The van der Waals surface area contributed by atoms with Crippen molar-refractivity contribution in [3.63, 3.8) is 0 Å². The molecule has 0 amide bonds. The molecule has 0 atom stereocenters. The first kappa shape index (κ1) is 9.98. The molecule has 1 aliphatic heterocycles. The zero-order chi connectivity index (χ0) is 9.97. The minimum Gasteiger partial charge on any atom is -0.335 e. The Morgan fingerprint density at radius 2 is 2.36 bits per heavy atom. The molecule has 1 aromatic carbocycles. The lowest BCUT2D eigenvalue weighted by molar-refractivity contribution is 0.622. The maximum absolute atomic E-state index is 13.1. The minimum absolute atomic E-state index is 0.265. The van der Waals surface area contributed by atoms with Gasteiger partial charge < -0.3 is 5.32 Å². The van der Waals surface area contributed by atoms with Gasteiger partial charge in [0, 0.05) is 11.4 Å². The summed E-state index contributed by atoms with van der Waals surface area (Å²) in [4.78, 5) is 4.22. The van der Waals surface area contributed by atoms with Crippen LogP contribution in [0.15, 0.2) is 27.7 Å². The standard InChI is InChI=1S/C9H8BrFN2S/c10-7-2-1-6(5-8(7)11)13-9-12-3-4-14-9/h1-2,5H,3-4H2,(H,12,13). The number of hydrogen-bond donors (Lipinski definition) is 1. The fraction of sp³-hybridized carbons (Fsp3) is 0.222. The molecule has 0 spiro atoms. The summed E-state index contributed by atoms with van der Waals surface area (Å²) in [7, 11) is 0. The van der Waals surface area contributed by atoms with Crippen molar-refractivity contribution in [1.82, 2.24) is 0 Å². The summed E-state index contributed by atoms with van der Waals surface area (Å²) >= 11 is 4.76. The number of benzene rings is 1. The van der Waals surface area contributed by atoms with Gasteiger partial charge in [0.1, 0.15) is 5.82 Å². The van der Waals surface area contributed by atoms with Crippen molar-refractivity contribution >= 4 is 38.5 Å². The Hall–Kier alpha value is -0.550. The molecule has 0 radical (unpaired) electrons. The lowest BCUT2D eigenvalue weighted by Crippen LogP contribution is -2.04. The van der Waals surface area contributed by atoms with E-state index in [0.29, 0.717) is 4.47 Å². The van der Waals surface area contributed by atoms with E-state index in [1.807, 2.05) is 6.07 Å². The lowest BCUT2D eigenvalue weighted by Gasteiger charge is -2.05. The molecular weight excluding hydrogens is 267 g/mol. The van der Waals surface area contributed by atoms with Gasteiger partial charge in [-0.1, -0.05) is 11.8 Å². The number of nitrogens with one attached hydrogen (secondary N) is 1. The third-order valence-electron chi connectivity index (χ3n) is 1.76. The molecule has 2 nitrogen and oxygen atoms in total. The van der Waals surface area contributed by atoms with Crippen LogP contribution in [0.4, 0.5) is 10.1 Å². The first-order valence-electron chi connectivity index (χ1n) is 4.15. The number of thioether (sulfide) groups is 1. The fourth-order valence-corrected chi connectivity index (χ4v) is 2.10. The summed E-state index contributed by atoms with van der Waals surface area (Å²) in [5.41, 5.74) is 0.735. The number of rotatable bonds is 1. The highest BCUT2D eigenvalue weighted by molar-refractivity contribution is 9.10. The van der Waals surface area contributed by atoms with Gasteiger partial charge in [0.25, 0.3) is 0 Å². The first-order chi connectivity index (χ1) is 6.75. The molecule has 1 aliphatic rings. The number of aliphatic imine (C=N–C) groups is 1. The van der Waals surface area contributed by atoms with Gasteiger partial charge in [-0.05, 0) is 34.1 Å². The average Bonchev–Trinajstić information content (AvgIpc) is 2.64. The van der Waals surface area contributed by atoms with Crippen LogP contribution in [0.2, 0.25) is 0 Å². The van der Waals surface area contributed by atoms with Crippen LogP contribution < -0.4 is 5.32 Å². The molecule has 0 bridgehead atoms. The molecule has 14 heavy (non-hydrogen) atoms. The van der Waals surface area contributed by atoms with Crippen LogP contribution in [-0.4, -0.2) is 17.5 Å². The monoisotopic (exact) mass is 274 g/mol. The van der Waals surface area contributed by atoms with E-state index in [9.17, 15) is 4.39 Å². The summed E-state index contributed by atoms with van der Waals surface area (Å²) in [6.45, 7) is 0.839. The first-order valence-corrected chi connectivity index (χ1v) is 5.93. The van der Waals surface area contributed by atoms with E-state index in [1.165, 1.54) is 6.07 Å². The summed E-state index contributed by atoms with van der Waals surface area (Å²) < 4.78 is 13.6. The van der Waals surface area contributed by atoms with Gasteiger partial charge in [0.05, 0.1) is 11.0 Å². The zero-order valence-corrected chi connectivity index (χ0v) is 9.66. The average molecular weight is 275 g/mol. The number of nitrogens with zero attached hydrogens (tertiary/aromatic N) is 1. The second-order valence-corrected chi connectivity index (χ2v) is 4.73. The van der Waals surface area contributed by atoms with E-state index in [0.717, 1.165) is 23.2 Å². The number of halogens is 2. The molecular formula is C9H8BrFN2S. The van der Waals surface area contributed by atoms with Crippen LogP contribution in [0.5, 0.6) is 0 Å². The second kappa shape index (κ2) is 4.31. The van der Waals surface area contributed by atoms with Gasteiger partial charge in [-0.25, -0.2) is 4.39 Å². The van der Waals surface area contributed by atoms with E-state index < -0.39 is 0 Å². The highest BCUT2D eigenvalue weighted by Crippen LogP contribution is 2.21. The lowest BCUT2D eigenvalue weighted by atomic mass is 10.3. The van der Waals surface area contributed by atoms with Crippen molar-refractivity contribution < 1.29 is 4.39 Å². The van der Waals surface area contributed by atoms with Crippen molar-refractivity contribution in [2.45, 2.75) is 0 Å². The number of amidine groups is 1. The third-order valence-corrected chi connectivity index (χ3v) is 3.29. The van der Waals surface area contributed by atoms with Gasteiger partial charge in [-0.2, -0.15) is 0 Å². The summed E-state index contributed by atoms with van der Waals surface area (Å²) in [5, 5.41) is 3.93. The minimum atomic E-state index is -0.265. The maximum atomic E-state index is 13.1. The fourth-order valence-electron chi connectivity index (χ4n) is 1.11. The summed E-state index contributed by atoms with van der Waals surface area (Å²) in [6.07, 6.45) is 0. The number of anilines is 1. The Kier molecular flexibility index (Phi) is 3.08. The van der Waals surface area contributed by atoms with Crippen molar-refractivity contribution in [3.8, 4) is 0 Å². The van der Waals surface area contributed by atoms with Gasteiger partial charge in [-0.3, -0.25) is 4.99 Å². The number of hydrogen-bond acceptors (Lipinski definition) is 3. The van der Waals surface area contributed by atoms with E-state index in [-0.39, 0.29) is 5.82 Å². The second-order valence-electron chi connectivity index (χ2n) is 2.79. The van der Waals surface area contributed by atoms with Crippen LogP contribution in [0.1, 0.15) is 0 Å². The highest BCUT2D eigenvalue weighted by atomic mass is 79.9. The maximum Gasteiger partial charge on any atom is 0.161 e. The van der Waals surface area contributed by atoms with Crippen LogP contribution in [0.25, 0.3) is 0 Å². The van der Waals surface area contributed by atoms with Crippen molar-refractivity contribution in [2.75, 3.05) is 17.6 Å². The molecule has 2 rings (SSSR count). The molecule has 0 aromatic heterocycles. The Morgan fingerprint density at radius 1 is 1.50 bits per heavy atom. The smallest absolute Gasteiger partial charge is 0.161 e. The Bertz CT molecular complexity index is 381. The SMILES string of the molecule is Fc1cc(NC2=NCCS2)ccc1Br. The van der Waals surface area contributed by atoms with Gasteiger partial charge in [0.2, 0.25) is 0 Å². The molecule has 0 unspecified atom stereocenters. The molecule has 0 saturated heterocycles. The normalized spacial score (nSPS) is 15.4. The topological polar surface area (TPSA) is 24.4 Å². The van der Waals surface area contributed by atoms with E-state index >= 15 is 0 Å². The van der Waals surface area contributed by atoms with Crippen LogP contribution in [-0.2, 0) is 0 Å². The molecule has 74 valence electrons. The quantitative estimate of drug-likeness (QED) is 0.851. The van der Waals surface area contributed by atoms with Gasteiger partial charge >= 0.3 is 0 Å². The van der Waals surface area contributed by atoms with Crippen molar-refractivity contribution in [2.24, 2.45) is 4.99 Å². The largest absolute Gasteiger partial charge is 0.335 e. The van der Waals surface area contributed by atoms with Gasteiger partial charge in [-0.15, -0.1) is 0 Å². The third kappa shape index (κ3) is 2.27. The van der Waals surface area contributed by atoms with Gasteiger partial charge in [0.15, 0.2) is 5.17 Å². The molecule has 0 fully saturated rings. The van der Waals surface area contributed by atoms with E-state index in [4.69, 9.17) is 0 Å². The predicted octanol–water partition coefficient (Wildman–Crippen LogP) is 3.10. The highest BCUT2D eigenvalue weighted by Gasteiger charge is 2.07. The molecule has 1 N–H and O–H groups in total. The molecule has 1 heterocycles. The van der Waals surface area contributed by atoms with E-state index in [2.05, 4.69) is 26.2 Å². The van der Waals surface area contributed by atoms with Crippen LogP contribution in [0, 0.1) is 5.82 Å². The molecule has 0 saturated carbocycles. The molecule has 5 heteroatoms. The molecule has 1 aromatic rings. The zero-order valence-electron chi connectivity index (χ0n) is 7.26. The molecule has 0 aliphatic carbocycles. The summed E-state index contributed by atoms with van der Waals surface area (Å²) in [6, 6.07) is 4.94. The summed E-state index contributed by atoms with van der Waals surface area (Å²) in [5.74, 6) is 0.736. The van der Waals surface area contributed by atoms with Crippen molar-refractivity contribution in [3.05, 3.63) is 28.5 Å². The van der Waals surface area contributed by atoms with Crippen LogP contribution in [0.3, 0.4) is 0 Å². The van der Waals surface area contributed by atoms with Crippen LogP contribution >= 0.6 is 27.7 Å². The Balaban J connectivity index is 2.13.